The summed E-state index contributed by atoms with van der Waals surface area (Å²) >= 11 is 0. The van der Waals surface area contributed by atoms with Crippen molar-refractivity contribution in [1.29, 1.82) is 0 Å². The molecule has 0 unspecified atom stereocenters. The Morgan fingerprint density at radius 2 is 0.976 bits per heavy atom. The van der Waals surface area contributed by atoms with Crippen molar-refractivity contribution < 1.29 is 0 Å². The number of fused-ring (bicyclic) bond motifs is 7. The fourth-order valence-electron chi connectivity index (χ4n) is 7.84. The smallest absolute Gasteiger partial charge is 0.252 e. The Labute approximate surface area is 237 Å². The van der Waals surface area contributed by atoms with E-state index in [-0.39, 0.29) is 6.71 Å². The third-order valence-corrected chi connectivity index (χ3v) is 9.31. The lowest BCUT2D eigenvalue weighted by molar-refractivity contribution is 1.12. The minimum Gasteiger partial charge on any atom is -0.310 e. The minimum absolute atomic E-state index is 0.167. The molecule has 0 aliphatic carbocycles. The van der Waals surface area contributed by atoms with E-state index in [0.717, 1.165) is 0 Å². The second-order valence-corrected chi connectivity index (χ2v) is 11.3. The van der Waals surface area contributed by atoms with E-state index in [1.54, 1.807) is 0 Å². The second-order valence-electron chi connectivity index (χ2n) is 11.3. The first kappa shape index (κ1) is 21.5. The average Bonchev–Trinajstić information content (AvgIpc) is 3.57. The maximum atomic E-state index is 2.56. The molecule has 2 aromatic heterocycles. The molecule has 4 heterocycles. The molecule has 2 nitrogen and oxygen atoms in total. The molecule has 41 heavy (non-hydrogen) atoms. The topological polar surface area (TPSA) is 9.86 Å². The molecule has 0 spiro atoms. The van der Waals surface area contributed by atoms with Crippen molar-refractivity contribution in [2.24, 2.45) is 0 Å². The van der Waals surface area contributed by atoms with Crippen LogP contribution in [0.2, 0.25) is 0 Å². The van der Waals surface area contributed by atoms with E-state index in [1.165, 1.54) is 82.9 Å². The van der Waals surface area contributed by atoms with Gasteiger partial charge in [-0.05, 0) is 45.7 Å². The number of rotatable bonds is 2. The van der Waals surface area contributed by atoms with E-state index in [2.05, 4.69) is 149 Å². The van der Waals surface area contributed by atoms with Gasteiger partial charge in [-0.15, -0.1) is 0 Å². The quantitative estimate of drug-likeness (QED) is 0.214. The Bertz CT molecular complexity index is 2360. The van der Waals surface area contributed by atoms with E-state index >= 15 is 0 Å². The van der Waals surface area contributed by atoms with Gasteiger partial charge >= 0.3 is 0 Å². The van der Waals surface area contributed by atoms with Crippen LogP contribution in [0.5, 0.6) is 0 Å². The first-order chi connectivity index (χ1) is 20.4. The summed E-state index contributed by atoms with van der Waals surface area (Å²) in [6.07, 6.45) is 0. The number of hydrogen-bond acceptors (Lipinski definition) is 0. The van der Waals surface area contributed by atoms with E-state index in [0.29, 0.717) is 0 Å². The molecule has 0 saturated carbocycles. The van der Waals surface area contributed by atoms with Crippen molar-refractivity contribution in [3.8, 4) is 33.8 Å². The fraction of sp³-hybridized carbons (Fsp3) is 0. The highest BCUT2D eigenvalue weighted by atomic mass is 15.0. The van der Waals surface area contributed by atoms with Crippen LogP contribution in [-0.4, -0.2) is 15.8 Å². The number of benzene rings is 6. The van der Waals surface area contributed by atoms with Crippen LogP contribution in [0.4, 0.5) is 0 Å². The van der Waals surface area contributed by atoms with Crippen molar-refractivity contribution in [2.45, 2.75) is 0 Å². The van der Waals surface area contributed by atoms with Gasteiger partial charge in [-0.3, -0.25) is 0 Å². The molecule has 2 aliphatic rings. The molecule has 0 bridgehead atoms. The molecule has 2 aliphatic heterocycles. The summed E-state index contributed by atoms with van der Waals surface area (Å²) < 4.78 is 5.08. The maximum absolute atomic E-state index is 2.56. The number of aromatic nitrogens is 2. The van der Waals surface area contributed by atoms with Gasteiger partial charge < -0.3 is 9.13 Å². The van der Waals surface area contributed by atoms with Crippen molar-refractivity contribution in [1.82, 2.24) is 9.13 Å². The molecule has 0 atom stereocenters. The van der Waals surface area contributed by atoms with Gasteiger partial charge in [0, 0.05) is 44.1 Å². The number of nitrogens with zero attached hydrogens (tertiary/aromatic N) is 2. The predicted octanol–water partition coefficient (Wildman–Crippen LogP) is 7.20. The van der Waals surface area contributed by atoms with Gasteiger partial charge in [0.05, 0.1) is 11.2 Å². The molecule has 3 heteroatoms. The van der Waals surface area contributed by atoms with Gasteiger partial charge in [-0.2, -0.15) is 0 Å². The van der Waals surface area contributed by atoms with Crippen molar-refractivity contribution in [3.05, 3.63) is 140 Å². The van der Waals surface area contributed by atoms with Gasteiger partial charge in [-0.1, -0.05) is 121 Å². The Balaban J connectivity index is 1.44. The largest absolute Gasteiger partial charge is 0.310 e. The molecular formula is C38H23BN2. The van der Waals surface area contributed by atoms with Gasteiger partial charge in [0.2, 0.25) is 0 Å². The first-order valence-corrected chi connectivity index (χ1v) is 14.3. The molecule has 0 radical (unpaired) electrons. The van der Waals surface area contributed by atoms with Crippen LogP contribution in [0.15, 0.2) is 140 Å². The predicted molar refractivity (Wildman–Crippen MR) is 173 cm³/mol. The summed E-state index contributed by atoms with van der Waals surface area (Å²) in [6, 6.07) is 51.4. The van der Waals surface area contributed by atoms with Crippen LogP contribution in [0.3, 0.4) is 0 Å². The van der Waals surface area contributed by atoms with Crippen molar-refractivity contribution in [2.75, 3.05) is 0 Å². The van der Waals surface area contributed by atoms with E-state index in [4.69, 9.17) is 0 Å². The summed E-state index contributed by atoms with van der Waals surface area (Å²) in [5, 5.41) is 3.95. The standard InChI is InChI=1S/C38H23BN2/c1-3-12-24(13-4-1)34-28-18-10-20-30-38(28)41(36(34)25-14-5-2-6-15-25)33-23-11-22-32-35(33)39(30)29-19-9-17-27-26-16-7-8-21-31(26)40(32)37(27)29/h1-23H. The summed E-state index contributed by atoms with van der Waals surface area (Å²) in [4.78, 5) is 0. The lowest BCUT2D eigenvalue weighted by Gasteiger charge is -2.33. The zero-order valence-corrected chi connectivity index (χ0v) is 22.3. The highest BCUT2D eigenvalue weighted by Crippen LogP contribution is 2.44. The van der Waals surface area contributed by atoms with E-state index < -0.39 is 0 Å². The van der Waals surface area contributed by atoms with Crippen LogP contribution in [-0.2, 0) is 0 Å². The Morgan fingerprint density at radius 1 is 0.415 bits per heavy atom. The van der Waals surface area contributed by atoms with Gasteiger partial charge in [-0.25, -0.2) is 0 Å². The molecule has 0 saturated heterocycles. The lowest BCUT2D eigenvalue weighted by atomic mass is 9.34. The minimum atomic E-state index is 0.167. The third kappa shape index (κ3) is 2.59. The SMILES string of the molecule is c1ccc(-c2c(-c3ccccc3)n3c4c(cccc24)B2c4c-3cccc4-n3c4ccccc4c4cccc2c43)cc1. The zero-order chi connectivity index (χ0) is 26.7. The molecule has 6 aromatic carbocycles. The van der Waals surface area contributed by atoms with Crippen molar-refractivity contribution >= 4 is 55.8 Å². The Kier molecular flexibility index (Phi) is 4.03. The summed E-state index contributed by atoms with van der Waals surface area (Å²) in [5.74, 6) is 0. The van der Waals surface area contributed by atoms with Crippen LogP contribution < -0.4 is 16.4 Å². The number of hydrogen-bond donors (Lipinski definition) is 0. The summed E-state index contributed by atoms with van der Waals surface area (Å²) in [7, 11) is 0. The zero-order valence-electron chi connectivity index (χ0n) is 22.3. The maximum Gasteiger partial charge on any atom is 0.252 e. The van der Waals surface area contributed by atoms with E-state index in [9.17, 15) is 0 Å². The van der Waals surface area contributed by atoms with Gasteiger partial charge in [0.25, 0.3) is 6.71 Å². The number of para-hydroxylation sites is 3. The Morgan fingerprint density at radius 3 is 1.73 bits per heavy atom. The van der Waals surface area contributed by atoms with E-state index in [1.807, 2.05) is 0 Å². The molecule has 0 amide bonds. The normalized spacial score (nSPS) is 12.8. The second kappa shape index (κ2) is 7.68. The first-order valence-electron chi connectivity index (χ1n) is 14.3. The fourth-order valence-corrected chi connectivity index (χ4v) is 7.84. The van der Waals surface area contributed by atoms with Crippen LogP contribution in [0.1, 0.15) is 0 Å². The Hall–Kier alpha value is -5.28. The van der Waals surface area contributed by atoms with Crippen molar-refractivity contribution in [3.63, 3.8) is 0 Å². The summed E-state index contributed by atoms with van der Waals surface area (Å²) in [5.41, 5.74) is 15.7. The molecule has 188 valence electrons. The average molecular weight is 518 g/mol. The molecular weight excluding hydrogens is 495 g/mol. The highest BCUT2D eigenvalue weighted by molar-refractivity contribution is 7.00. The van der Waals surface area contributed by atoms with Crippen LogP contribution >= 0.6 is 0 Å². The molecule has 0 fully saturated rings. The summed E-state index contributed by atoms with van der Waals surface area (Å²) in [6.45, 7) is 0.167. The van der Waals surface area contributed by atoms with Crippen LogP contribution in [0.25, 0.3) is 66.5 Å². The van der Waals surface area contributed by atoms with Gasteiger partial charge in [0.1, 0.15) is 0 Å². The molecule has 8 aromatic rings. The van der Waals surface area contributed by atoms with Gasteiger partial charge in [0.15, 0.2) is 0 Å². The molecule has 0 N–H and O–H groups in total. The lowest BCUT2D eigenvalue weighted by Crippen LogP contribution is -2.59. The molecule has 10 rings (SSSR count). The highest BCUT2D eigenvalue weighted by Gasteiger charge is 2.41. The third-order valence-electron chi connectivity index (χ3n) is 9.31. The van der Waals surface area contributed by atoms with Crippen LogP contribution in [0, 0.1) is 0 Å². The monoisotopic (exact) mass is 518 g/mol.